The van der Waals surface area contributed by atoms with E-state index in [-0.39, 0.29) is 16.4 Å². The van der Waals surface area contributed by atoms with E-state index in [9.17, 15) is 14.7 Å². The Hall–Kier alpha value is -2.08. The van der Waals surface area contributed by atoms with Crippen molar-refractivity contribution in [3.05, 3.63) is 35.9 Å². The minimum absolute atomic E-state index is 0.119. The Bertz CT molecular complexity index is 837. The number of nitrogens with one attached hydrogen (secondary N) is 2. The van der Waals surface area contributed by atoms with Crippen molar-refractivity contribution in [3.8, 4) is 0 Å². The number of rotatable bonds is 3. The van der Waals surface area contributed by atoms with Gasteiger partial charge in [0.1, 0.15) is 0 Å². The van der Waals surface area contributed by atoms with Gasteiger partial charge in [-0.25, -0.2) is 4.79 Å². The predicted octanol–water partition coefficient (Wildman–Crippen LogP) is 4.40. The number of carbonyl (C=O) groups is 2. The van der Waals surface area contributed by atoms with Crippen LogP contribution in [0.1, 0.15) is 70.8 Å². The molecule has 0 spiro atoms. The molecule has 1 aromatic carbocycles. The molecule has 1 aliphatic heterocycles. The maximum Gasteiger partial charge on any atom is 0.405 e. The lowest BCUT2D eigenvalue weighted by Crippen LogP contribution is -2.60. The van der Waals surface area contributed by atoms with Crippen LogP contribution in [0.3, 0.4) is 0 Å². The summed E-state index contributed by atoms with van der Waals surface area (Å²) in [7, 11) is 0. The van der Waals surface area contributed by atoms with Crippen molar-refractivity contribution in [2.45, 2.75) is 76.2 Å². The third kappa shape index (κ3) is 4.32. The quantitative estimate of drug-likeness (QED) is 0.572. The maximum absolute atomic E-state index is 12.0. The minimum Gasteiger partial charge on any atom is -0.481 e. The fraction of sp³-hybridized carbons (Fsp3) is 0.680. The second kappa shape index (κ2) is 7.80. The topological polar surface area (TPSA) is 98.7 Å². The van der Waals surface area contributed by atoms with Gasteiger partial charge >= 0.3 is 12.1 Å². The highest BCUT2D eigenvalue weighted by molar-refractivity contribution is 5.76. The first-order valence-electron chi connectivity index (χ1n) is 11.6. The second-order valence-electron chi connectivity index (χ2n) is 11.3. The zero-order valence-electron chi connectivity index (χ0n) is 18.7. The number of carboxylic acids is 1. The lowest BCUT2D eigenvalue weighted by molar-refractivity contribution is -0.176. The summed E-state index contributed by atoms with van der Waals surface area (Å²) in [6.45, 7) is 6.07. The molecule has 5 aliphatic rings. The molecule has 170 valence electrons. The molecule has 6 heteroatoms. The molecule has 4 atom stereocenters. The Morgan fingerprint density at radius 3 is 2.23 bits per heavy atom. The fourth-order valence-electron chi connectivity index (χ4n) is 7.63. The van der Waals surface area contributed by atoms with E-state index in [4.69, 9.17) is 5.11 Å². The number of benzene rings is 1. The molecular weight excluding hydrogens is 392 g/mol. The summed E-state index contributed by atoms with van der Waals surface area (Å²) in [6.07, 6.45) is 7.08. The molecule has 1 heterocycles. The van der Waals surface area contributed by atoms with E-state index < -0.39 is 17.5 Å². The predicted molar refractivity (Wildman–Crippen MR) is 119 cm³/mol. The van der Waals surface area contributed by atoms with Crippen molar-refractivity contribution in [2.24, 2.45) is 16.7 Å². The maximum atomic E-state index is 12.0. The lowest BCUT2D eigenvalue weighted by Gasteiger charge is -2.64. The molecule has 4 N–H and O–H groups in total. The molecule has 31 heavy (non-hydrogen) atoms. The highest BCUT2D eigenvalue weighted by Crippen LogP contribution is 2.70. The third-order valence-electron chi connectivity index (χ3n) is 8.30. The first-order chi connectivity index (χ1) is 14.6. The summed E-state index contributed by atoms with van der Waals surface area (Å²) in [5, 5.41) is 24.1. The SMILES string of the molecule is CC1(NC(=O)O)CCNCC1.CC12CC3CC(C(=O)O)(C1)CC(c1ccccc1)(C3)C2. The first kappa shape index (κ1) is 22.1. The largest absolute Gasteiger partial charge is 0.481 e. The van der Waals surface area contributed by atoms with Crippen LogP contribution in [-0.2, 0) is 10.2 Å². The van der Waals surface area contributed by atoms with E-state index in [1.165, 1.54) is 24.8 Å². The lowest BCUT2D eigenvalue weighted by atomic mass is 9.39. The molecule has 4 aliphatic carbocycles. The van der Waals surface area contributed by atoms with Crippen LogP contribution in [0.5, 0.6) is 0 Å². The van der Waals surface area contributed by atoms with Crippen LogP contribution in [-0.4, -0.2) is 40.9 Å². The van der Waals surface area contributed by atoms with Crippen LogP contribution >= 0.6 is 0 Å². The van der Waals surface area contributed by atoms with Crippen molar-refractivity contribution in [1.82, 2.24) is 10.6 Å². The third-order valence-corrected chi connectivity index (χ3v) is 8.30. The number of hydrogen-bond donors (Lipinski definition) is 4. The van der Waals surface area contributed by atoms with Crippen molar-refractivity contribution in [2.75, 3.05) is 13.1 Å². The Labute approximate surface area is 184 Å². The van der Waals surface area contributed by atoms with Gasteiger partial charge in [0, 0.05) is 5.54 Å². The van der Waals surface area contributed by atoms with Gasteiger partial charge in [0.05, 0.1) is 5.41 Å². The van der Waals surface area contributed by atoms with Gasteiger partial charge in [0.25, 0.3) is 0 Å². The van der Waals surface area contributed by atoms with Crippen LogP contribution in [0.2, 0.25) is 0 Å². The molecule has 1 amide bonds. The number of amides is 1. The second-order valence-corrected chi connectivity index (χ2v) is 11.3. The van der Waals surface area contributed by atoms with Gasteiger partial charge < -0.3 is 20.8 Å². The average Bonchev–Trinajstić information content (AvgIpc) is 2.67. The molecule has 4 bridgehead atoms. The van der Waals surface area contributed by atoms with E-state index in [0.717, 1.165) is 45.2 Å². The molecule has 1 saturated heterocycles. The normalized spacial score (nSPS) is 37.4. The van der Waals surface area contributed by atoms with Crippen molar-refractivity contribution in [1.29, 1.82) is 0 Å². The smallest absolute Gasteiger partial charge is 0.405 e. The van der Waals surface area contributed by atoms with E-state index in [1.54, 1.807) is 0 Å². The molecule has 1 aromatic rings. The standard InChI is InChI=1S/C18H22O2.C7H14N2O2/c1-16-7-13-8-17(10-16,14-5-3-2-4-6-14)12-18(9-13,11-16)15(19)20;1-7(9-6(10)11)2-4-8-5-3-7/h2-6,13H,7-12H2,1H3,(H,19,20);8-9H,2-5H2,1H3,(H,10,11). The molecule has 0 radical (unpaired) electrons. The van der Waals surface area contributed by atoms with Crippen molar-refractivity contribution < 1.29 is 19.8 Å². The summed E-state index contributed by atoms with van der Waals surface area (Å²) in [5.41, 5.74) is 1.06. The average molecular weight is 429 g/mol. The summed E-state index contributed by atoms with van der Waals surface area (Å²) >= 11 is 0. The number of aliphatic carboxylic acids is 1. The van der Waals surface area contributed by atoms with E-state index in [0.29, 0.717) is 5.92 Å². The van der Waals surface area contributed by atoms with Gasteiger partial charge in [0.15, 0.2) is 0 Å². The van der Waals surface area contributed by atoms with Crippen LogP contribution in [0.25, 0.3) is 0 Å². The van der Waals surface area contributed by atoms with Crippen LogP contribution in [0.4, 0.5) is 4.79 Å². The van der Waals surface area contributed by atoms with Crippen LogP contribution in [0.15, 0.2) is 30.3 Å². The summed E-state index contributed by atoms with van der Waals surface area (Å²) in [5.74, 6) is 0.0562. The van der Waals surface area contributed by atoms with E-state index in [2.05, 4.69) is 47.9 Å². The van der Waals surface area contributed by atoms with Crippen LogP contribution in [0, 0.1) is 16.7 Å². The molecule has 5 fully saturated rings. The van der Waals surface area contributed by atoms with E-state index >= 15 is 0 Å². The molecule has 0 aromatic heterocycles. The number of piperidine rings is 1. The highest BCUT2D eigenvalue weighted by Gasteiger charge is 2.64. The summed E-state index contributed by atoms with van der Waals surface area (Å²) in [4.78, 5) is 22.3. The number of carboxylic acid groups (broad SMARTS) is 2. The molecule has 6 rings (SSSR count). The Morgan fingerprint density at radius 1 is 0.968 bits per heavy atom. The Balaban J connectivity index is 0.000000180. The minimum atomic E-state index is -0.922. The monoisotopic (exact) mass is 428 g/mol. The van der Waals surface area contributed by atoms with Crippen molar-refractivity contribution >= 4 is 12.1 Å². The van der Waals surface area contributed by atoms with E-state index in [1.807, 2.05) is 6.92 Å². The van der Waals surface area contributed by atoms with Crippen molar-refractivity contribution in [3.63, 3.8) is 0 Å². The van der Waals surface area contributed by atoms with Gasteiger partial charge in [0.2, 0.25) is 0 Å². The molecule has 4 saturated carbocycles. The Morgan fingerprint density at radius 2 is 1.65 bits per heavy atom. The fourth-order valence-corrected chi connectivity index (χ4v) is 7.63. The molecule has 4 unspecified atom stereocenters. The van der Waals surface area contributed by atoms with Gasteiger partial charge in [-0.05, 0) is 93.7 Å². The van der Waals surface area contributed by atoms with Crippen LogP contribution < -0.4 is 10.6 Å². The number of hydrogen-bond acceptors (Lipinski definition) is 3. The van der Waals surface area contributed by atoms with Gasteiger partial charge in [-0.2, -0.15) is 0 Å². The summed E-state index contributed by atoms with van der Waals surface area (Å²) in [6, 6.07) is 10.7. The first-order valence-corrected chi connectivity index (χ1v) is 11.6. The Kier molecular flexibility index (Phi) is 5.57. The zero-order valence-corrected chi connectivity index (χ0v) is 18.7. The zero-order chi connectivity index (χ0) is 22.3. The van der Waals surface area contributed by atoms with Gasteiger partial charge in [-0.15, -0.1) is 0 Å². The van der Waals surface area contributed by atoms with Gasteiger partial charge in [-0.1, -0.05) is 37.3 Å². The highest BCUT2D eigenvalue weighted by atomic mass is 16.4. The summed E-state index contributed by atoms with van der Waals surface area (Å²) < 4.78 is 0. The van der Waals surface area contributed by atoms with Gasteiger partial charge in [-0.3, -0.25) is 4.79 Å². The molecular formula is C25H36N2O4. The molecule has 6 nitrogen and oxygen atoms in total.